The summed E-state index contributed by atoms with van der Waals surface area (Å²) >= 11 is 6.30. The summed E-state index contributed by atoms with van der Waals surface area (Å²) in [4.78, 5) is 16.2. The van der Waals surface area contributed by atoms with Crippen LogP contribution in [0.15, 0.2) is 18.2 Å². The third-order valence-electron chi connectivity index (χ3n) is 5.02. The highest BCUT2D eigenvalue weighted by molar-refractivity contribution is 6.34. The summed E-state index contributed by atoms with van der Waals surface area (Å²) in [6, 6.07) is 6.81. The number of rotatable bonds is 4. The molecule has 1 amide bonds. The molecule has 0 unspecified atom stereocenters. The molecule has 1 aromatic rings. The SMILES string of the molecule is CN(C)C(=O)c1ccc(N[C@@H]2CCN(C3CCNCC3)C2)cc1Cl. The second-order valence-electron chi connectivity index (χ2n) is 7.00. The van der Waals surface area contributed by atoms with Crippen LogP contribution in [0.5, 0.6) is 0 Å². The summed E-state index contributed by atoms with van der Waals surface area (Å²) in [6.07, 6.45) is 3.65. The van der Waals surface area contributed by atoms with Gasteiger partial charge < -0.3 is 15.5 Å². The molecule has 0 aliphatic carbocycles. The summed E-state index contributed by atoms with van der Waals surface area (Å²) in [6.45, 7) is 4.51. The van der Waals surface area contributed by atoms with Crippen molar-refractivity contribution in [3.05, 3.63) is 28.8 Å². The minimum atomic E-state index is -0.0653. The lowest BCUT2D eigenvalue weighted by Gasteiger charge is -2.31. The van der Waals surface area contributed by atoms with E-state index in [9.17, 15) is 4.79 Å². The molecular formula is C18H27ClN4O. The van der Waals surface area contributed by atoms with E-state index in [0.717, 1.165) is 44.3 Å². The molecule has 0 radical (unpaired) electrons. The van der Waals surface area contributed by atoms with Crippen LogP contribution in [0, 0.1) is 0 Å². The van der Waals surface area contributed by atoms with Crippen molar-refractivity contribution in [1.82, 2.24) is 15.1 Å². The fourth-order valence-corrected chi connectivity index (χ4v) is 3.92. The fourth-order valence-electron chi connectivity index (χ4n) is 3.66. The molecule has 2 heterocycles. The summed E-state index contributed by atoms with van der Waals surface area (Å²) in [7, 11) is 3.47. The third kappa shape index (κ3) is 4.02. The molecule has 2 aliphatic rings. The lowest BCUT2D eigenvalue weighted by atomic mass is 10.1. The molecular weight excluding hydrogens is 324 g/mol. The highest BCUT2D eigenvalue weighted by Gasteiger charge is 2.29. The van der Waals surface area contributed by atoms with Gasteiger partial charge in [-0.25, -0.2) is 0 Å². The Bertz CT molecular complexity index is 586. The number of likely N-dealkylation sites (tertiary alicyclic amines) is 1. The Balaban J connectivity index is 1.58. The molecule has 1 atom stereocenters. The van der Waals surface area contributed by atoms with Crippen LogP contribution in [0.4, 0.5) is 5.69 Å². The Hall–Kier alpha value is -1.30. The van der Waals surface area contributed by atoms with Crippen molar-refractivity contribution in [2.45, 2.75) is 31.3 Å². The van der Waals surface area contributed by atoms with Crippen LogP contribution in [-0.2, 0) is 0 Å². The zero-order valence-electron chi connectivity index (χ0n) is 14.5. The first kappa shape index (κ1) is 17.5. The van der Waals surface area contributed by atoms with Crippen molar-refractivity contribution >= 4 is 23.2 Å². The maximum atomic E-state index is 12.0. The van der Waals surface area contributed by atoms with Gasteiger partial charge in [-0.3, -0.25) is 9.69 Å². The van der Waals surface area contributed by atoms with E-state index in [0.29, 0.717) is 16.6 Å². The van der Waals surface area contributed by atoms with E-state index >= 15 is 0 Å². The standard InChI is InChI=1S/C18H27ClN4O/c1-22(2)18(24)16-4-3-13(11-17(16)19)21-14-7-10-23(12-14)15-5-8-20-9-6-15/h3-4,11,14-15,20-21H,5-10,12H2,1-2H3/t14-/m1/s1. The zero-order chi connectivity index (χ0) is 17.1. The molecule has 5 nitrogen and oxygen atoms in total. The molecule has 132 valence electrons. The van der Waals surface area contributed by atoms with Gasteiger partial charge in [0, 0.05) is 45.0 Å². The lowest BCUT2D eigenvalue weighted by Crippen LogP contribution is -2.42. The Labute approximate surface area is 149 Å². The van der Waals surface area contributed by atoms with Crippen LogP contribution in [0.3, 0.4) is 0 Å². The van der Waals surface area contributed by atoms with Crippen LogP contribution in [-0.4, -0.2) is 68.1 Å². The molecule has 0 saturated carbocycles. The molecule has 2 N–H and O–H groups in total. The normalized spacial score (nSPS) is 22.5. The topological polar surface area (TPSA) is 47.6 Å². The van der Waals surface area contributed by atoms with Crippen LogP contribution in [0.1, 0.15) is 29.6 Å². The van der Waals surface area contributed by atoms with Crippen molar-refractivity contribution < 1.29 is 4.79 Å². The number of hydrogen-bond acceptors (Lipinski definition) is 4. The first-order valence-electron chi connectivity index (χ1n) is 8.77. The Morgan fingerprint density at radius 3 is 2.71 bits per heavy atom. The Morgan fingerprint density at radius 2 is 2.04 bits per heavy atom. The minimum Gasteiger partial charge on any atom is -0.381 e. The van der Waals surface area contributed by atoms with Crippen molar-refractivity contribution in [2.24, 2.45) is 0 Å². The Kier molecular flexibility index (Phi) is 5.64. The van der Waals surface area contributed by atoms with Gasteiger partial charge in [-0.15, -0.1) is 0 Å². The van der Waals surface area contributed by atoms with Gasteiger partial charge in [0.05, 0.1) is 10.6 Å². The molecule has 24 heavy (non-hydrogen) atoms. The van der Waals surface area contributed by atoms with E-state index < -0.39 is 0 Å². The molecule has 2 fully saturated rings. The van der Waals surface area contributed by atoms with Crippen molar-refractivity contribution in [1.29, 1.82) is 0 Å². The monoisotopic (exact) mass is 350 g/mol. The summed E-state index contributed by atoms with van der Waals surface area (Å²) in [5.74, 6) is -0.0653. The predicted octanol–water partition coefficient (Wildman–Crippen LogP) is 2.28. The number of hydrogen-bond donors (Lipinski definition) is 2. The number of nitrogens with one attached hydrogen (secondary N) is 2. The number of piperidine rings is 1. The minimum absolute atomic E-state index is 0.0653. The summed E-state index contributed by atoms with van der Waals surface area (Å²) in [5.41, 5.74) is 1.54. The fraction of sp³-hybridized carbons (Fsp3) is 0.611. The highest BCUT2D eigenvalue weighted by Crippen LogP contribution is 2.25. The summed E-state index contributed by atoms with van der Waals surface area (Å²) < 4.78 is 0. The number of halogens is 1. The molecule has 1 aromatic carbocycles. The molecule has 2 saturated heterocycles. The van der Waals surface area contributed by atoms with Gasteiger partial charge in [0.15, 0.2) is 0 Å². The molecule has 0 aromatic heterocycles. The number of benzene rings is 1. The maximum Gasteiger partial charge on any atom is 0.254 e. The van der Waals surface area contributed by atoms with Crippen LogP contribution >= 0.6 is 11.6 Å². The van der Waals surface area contributed by atoms with Crippen molar-refractivity contribution in [3.63, 3.8) is 0 Å². The second-order valence-corrected chi connectivity index (χ2v) is 7.41. The van der Waals surface area contributed by atoms with Gasteiger partial charge in [0.25, 0.3) is 5.91 Å². The second kappa shape index (κ2) is 7.72. The number of carbonyl (C=O) groups is 1. The highest BCUT2D eigenvalue weighted by atomic mass is 35.5. The van der Waals surface area contributed by atoms with E-state index in [-0.39, 0.29) is 5.91 Å². The quantitative estimate of drug-likeness (QED) is 0.874. The number of anilines is 1. The average Bonchev–Trinajstić information content (AvgIpc) is 3.03. The van der Waals surface area contributed by atoms with Gasteiger partial charge in [0.2, 0.25) is 0 Å². The largest absolute Gasteiger partial charge is 0.381 e. The van der Waals surface area contributed by atoms with E-state index in [4.69, 9.17) is 11.6 Å². The summed E-state index contributed by atoms with van der Waals surface area (Å²) in [5, 5.41) is 7.52. The van der Waals surface area contributed by atoms with E-state index in [1.165, 1.54) is 12.8 Å². The Morgan fingerprint density at radius 1 is 1.29 bits per heavy atom. The van der Waals surface area contributed by atoms with Gasteiger partial charge in [-0.1, -0.05) is 11.6 Å². The predicted molar refractivity (Wildman–Crippen MR) is 99.0 cm³/mol. The molecule has 6 heteroatoms. The number of carbonyl (C=O) groups excluding carboxylic acids is 1. The average molecular weight is 351 g/mol. The van der Waals surface area contributed by atoms with Crippen LogP contribution < -0.4 is 10.6 Å². The lowest BCUT2D eigenvalue weighted by molar-refractivity contribution is 0.0828. The third-order valence-corrected chi connectivity index (χ3v) is 5.33. The zero-order valence-corrected chi connectivity index (χ0v) is 15.3. The molecule has 2 aliphatic heterocycles. The first-order chi connectivity index (χ1) is 11.5. The van der Waals surface area contributed by atoms with E-state index in [1.54, 1.807) is 19.0 Å². The number of amides is 1. The molecule has 0 bridgehead atoms. The van der Waals surface area contributed by atoms with Gasteiger partial charge in [-0.05, 0) is 50.6 Å². The molecule has 0 spiro atoms. The van der Waals surface area contributed by atoms with Crippen LogP contribution in [0.2, 0.25) is 5.02 Å². The maximum absolute atomic E-state index is 12.0. The van der Waals surface area contributed by atoms with Crippen molar-refractivity contribution in [3.8, 4) is 0 Å². The molecule has 3 rings (SSSR count). The van der Waals surface area contributed by atoms with E-state index in [1.807, 2.05) is 18.2 Å². The van der Waals surface area contributed by atoms with Gasteiger partial charge >= 0.3 is 0 Å². The van der Waals surface area contributed by atoms with Crippen molar-refractivity contribution in [2.75, 3.05) is 45.6 Å². The van der Waals surface area contributed by atoms with Crippen LogP contribution in [0.25, 0.3) is 0 Å². The van der Waals surface area contributed by atoms with Gasteiger partial charge in [-0.2, -0.15) is 0 Å². The van der Waals surface area contributed by atoms with E-state index in [2.05, 4.69) is 15.5 Å². The number of nitrogens with zero attached hydrogens (tertiary/aromatic N) is 2. The van der Waals surface area contributed by atoms with Gasteiger partial charge in [0.1, 0.15) is 0 Å². The first-order valence-corrected chi connectivity index (χ1v) is 9.15. The smallest absolute Gasteiger partial charge is 0.254 e.